The van der Waals surface area contributed by atoms with Crippen LogP contribution in [-0.4, -0.2) is 69.6 Å². The van der Waals surface area contributed by atoms with Crippen molar-refractivity contribution in [3.8, 4) is 0 Å². The van der Waals surface area contributed by atoms with E-state index < -0.39 is 10.0 Å². The maximum atomic E-state index is 12.1. The van der Waals surface area contributed by atoms with Gasteiger partial charge in [0.05, 0.1) is 6.54 Å². The van der Waals surface area contributed by atoms with E-state index in [-0.39, 0.29) is 35.4 Å². The molecule has 1 aromatic heterocycles. The van der Waals surface area contributed by atoms with Crippen molar-refractivity contribution >= 4 is 40.0 Å². The number of aromatic nitrogens is 1. The van der Waals surface area contributed by atoms with Crippen LogP contribution in [0.2, 0.25) is 0 Å². The molecule has 0 saturated carbocycles. The van der Waals surface area contributed by atoms with Crippen LogP contribution in [0.25, 0.3) is 0 Å². The molecule has 1 unspecified atom stereocenters. The standard InChI is InChI=1S/C17H30N6O2S.HI/c1-3-19-17(21-13-15-7-6-12-23(15)4-2)20-10-11-22-26(24,25)16-8-5-9-18-14-16;/h5,8-9,14-15,22H,3-4,6-7,10-13H2,1-2H3,(H2,19,20,21);1H. The van der Waals surface area contributed by atoms with Crippen molar-refractivity contribution < 1.29 is 8.42 Å². The summed E-state index contributed by atoms with van der Waals surface area (Å²) in [5, 5.41) is 6.38. The number of sulfonamides is 1. The number of likely N-dealkylation sites (N-methyl/N-ethyl adjacent to an activating group) is 1. The molecule has 0 aliphatic carbocycles. The van der Waals surface area contributed by atoms with Crippen molar-refractivity contribution in [1.82, 2.24) is 25.2 Å². The van der Waals surface area contributed by atoms with Gasteiger partial charge in [0, 0.05) is 38.1 Å². The minimum absolute atomic E-state index is 0. The van der Waals surface area contributed by atoms with Crippen LogP contribution < -0.4 is 15.4 Å². The maximum absolute atomic E-state index is 12.1. The average Bonchev–Trinajstić information content (AvgIpc) is 3.11. The Hall–Kier alpha value is -0.980. The van der Waals surface area contributed by atoms with Crippen LogP contribution in [0.5, 0.6) is 0 Å². The summed E-state index contributed by atoms with van der Waals surface area (Å²) in [5.41, 5.74) is 0. The van der Waals surface area contributed by atoms with E-state index in [1.54, 1.807) is 12.3 Å². The van der Waals surface area contributed by atoms with E-state index in [1.165, 1.54) is 25.1 Å². The Balaban J connectivity index is 0.00000364. The van der Waals surface area contributed by atoms with Crippen molar-refractivity contribution in [3.05, 3.63) is 24.5 Å². The van der Waals surface area contributed by atoms with Gasteiger partial charge in [-0.3, -0.25) is 14.9 Å². The van der Waals surface area contributed by atoms with E-state index in [0.29, 0.717) is 12.6 Å². The SMILES string of the molecule is CCNC(=NCC1CCCN1CC)NCCNS(=O)(=O)c1cccnc1.I. The molecule has 27 heavy (non-hydrogen) atoms. The van der Waals surface area contributed by atoms with Gasteiger partial charge in [-0.25, -0.2) is 13.1 Å². The smallest absolute Gasteiger partial charge is 0.242 e. The molecule has 2 heterocycles. The van der Waals surface area contributed by atoms with E-state index in [1.807, 2.05) is 6.92 Å². The first-order valence-electron chi connectivity index (χ1n) is 9.22. The van der Waals surface area contributed by atoms with Gasteiger partial charge in [0.1, 0.15) is 4.90 Å². The summed E-state index contributed by atoms with van der Waals surface area (Å²) in [6, 6.07) is 3.63. The Morgan fingerprint density at radius 2 is 2.15 bits per heavy atom. The van der Waals surface area contributed by atoms with Gasteiger partial charge in [0.25, 0.3) is 0 Å². The third-order valence-corrected chi connectivity index (χ3v) is 5.81. The molecule has 1 fully saturated rings. The molecule has 3 N–H and O–H groups in total. The number of likely N-dealkylation sites (tertiary alicyclic amines) is 1. The lowest BCUT2D eigenvalue weighted by Gasteiger charge is -2.21. The van der Waals surface area contributed by atoms with Gasteiger partial charge in [0.2, 0.25) is 10.0 Å². The highest BCUT2D eigenvalue weighted by molar-refractivity contribution is 14.0. The number of hydrogen-bond acceptors (Lipinski definition) is 5. The van der Waals surface area contributed by atoms with Gasteiger partial charge in [-0.1, -0.05) is 6.92 Å². The second kappa shape index (κ2) is 12.5. The minimum Gasteiger partial charge on any atom is -0.357 e. The van der Waals surface area contributed by atoms with E-state index >= 15 is 0 Å². The lowest BCUT2D eigenvalue weighted by molar-refractivity contribution is 0.273. The third kappa shape index (κ3) is 7.88. The lowest BCUT2D eigenvalue weighted by atomic mass is 10.2. The van der Waals surface area contributed by atoms with Gasteiger partial charge >= 0.3 is 0 Å². The average molecular weight is 510 g/mol. The largest absolute Gasteiger partial charge is 0.357 e. The van der Waals surface area contributed by atoms with Gasteiger partial charge in [0.15, 0.2) is 5.96 Å². The van der Waals surface area contributed by atoms with E-state index in [0.717, 1.165) is 32.1 Å². The van der Waals surface area contributed by atoms with E-state index in [9.17, 15) is 8.42 Å². The summed E-state index contributed by atoms with van der Waals surface area (Å²) in [6.45, 7) is 8.63. The van der Waals surface area contributed by atoms with Crippen LogP contribution in [-0.2, 0) is 10.0 Å². The highest BCUT2D eigenvalue weighted by Gasteiger charge is 2.22. The number of nitrogens with one attached hydrogen (secondary N) is 3. The molecule has 1 aliphatic rings. The van der Waals surface area contributed by atoms with Crippen LogP contribution in [0.1, 0.15) is 26.7 Å². The molecule has 0 radical (unpaired) electrons. The first kappa shape index (κ1) is 24.1. The second-order valence-electron chi connectivity index (χ2n) is 6.16. The Bertz CT molecular complexity index is 671. The fourth-order valence-corrected chi connectivity index (χ4v) is 4.01. The van der Waals surface area contributed by atoms with Gasteiger partial charge < -0.3 is 10.6 Å². The summed E-state index contributed by atoms with van der Waals surface area (Å²) in [5.74, 6) is 0.719. The number of aliphatic imine (C=N–C) groups is 1. The zero-order valence-corrected chi connectivity index (χ0v) is 19.2. The van der Waals surface area contributed by atoms with E-state index in [2.05, 4.69) is 37.2 Å². The summed E-state index contributed by atoms with van der Waals surface area (Å²) >= 11 is 0. The Morgan fingerprint density at radius 3 is 2.81 bits per heavy atom. The summed E-state index contributed by atoms with van der Waals surface area (Å²) in [7, 11) is -3.53. The molecule has 0 bridgehead atoms. The summed E-state index contributed by atoms with van der Waals surface area (Å²) in [6.07, 6.45) is 5.29. The van der Waals surface area contributed by atoms with Crippen molar-refractivity contribution in [3.63, 3.8) is 0 Å². The maximum Gasteiger partial charge on any atom is 0.242 e. The predicted molar refractivity (Wildman–Crippen MR) is 119 cm³/mol. The Kier molecular flexibility index (Phi) is 11.1. The van der Waals surface area contributed by atoms with Gasteiger partial charge in [-0.2, -0.15) is 0 Å². The third-order valence-electron chi connectivity index (χ3n) is 4.36. The van der Waals surface area contributed by atoms with Crippen molar-refractivity contribution in [2.45, 2.75) is 37.6 Å². The molecule has 154 valence electrons. The monoisotopic (exact) mass is 510 g/mol. The zero-order valence-electron chi connectivity index (χ0n) is 16.0. The van der Waals surface area contributed by atoms with Crippen LogP contribution >= 0.6 is 24.0 Å². The van der Waals surface area contributed by atoms with Crippen LogP contribution in [0.4, 0.5) is 0 Å². The zero-order chi connectivity index (χ0) is 18.8. The first-order valence-corrected chi connectivity index (χ1v) is 10.7. The van der Waals surface area contributed by atoms with Crippen LogP contribution in [0.3, 0.4) is 0 Å². The molecule has 1 atom stereocenters. The molecule has 8 nitrogen and oxygen atoms in total. The second-order valence-corrected chi connectivity index (χ2v) is 7.92. The van der Waals surface area contributed by atoms with Crippen molar-refractivity contribution in [2.75, 3.05) is 39.3 Å². The van der Waals surface area contributed by atoms with Crippen LogP contribution in [0.15, 0.2) is 34.4 Å². The molecular weight excluding hydrogens is 479 g/mol. The minimum atomic E-state index is -3.53. The van der Waals surface area contributed by atoms with Crippen molar-refractivity contribution in [1.29, 1.82) is 0 Å². The summed E-state index contributed by atoms with van der Waals surface area (Å²) in [4.78, 5) is 11.1. The fourth-order valence-electron chi connectivity index (χ4n) is 3.01. The van der Waals surface area contributed by atoms with Gasteiger partial charge in [-0.15, -0.1) is 24.0 Å². The molecular formula is C17H31IN6O2S. The Morgan fingerprint density at radius 1 is 1.33 bits per heavy atom. The molecule has 1 saturated heterocycles. The van der Waals surface area contributed by atoms with E-state index in [4.69, 9.17) is 0 Å². The number of rotatable bonds is 9. The quantitative estimate of drug-likeness (QED) is 0.199. The topological polar surface area (TPSA) is 98.7 Å². The number of hydrogen-bond donors (Lipinski definition) is 3. The number of nitrogens with zero attached hydrogens (tertiary/aromatic N) is 3. The first-order chi connectivity index (χ1) is 12.6. The fraction of sp³-hybridized carbons (Fsp3) is 0.647. The van der Waals surface area contributed by atoms with Crippen molar-refractivity contribution in [2.24, 2.45) is 4.99 Å². The lowest BCUT2D eigenvalue weighted by Crippen LogP contribution is -2.42. The molecule has 1 aliphatic heterocycles. The Labute approximate surface area is 179 Å². The number of pyridine rings is 1. The molecule has 0 spiro atoms. The molecule has 0 amide bonds. The highest BCUT2D eigenvalue weighted by Crippen LogP contribution is 2.16. The molecule has 10 heteroatoms. The predicted octanol–water partition coefficient (Wildman–Crippen LogP) is 1.02. The summed E-state index contributed by atoms with van der Waals surface area (Å²) < 4.78 is 26.8. The number of guanidine groups is 1. The normalized spacial score (nSPS) is 18.1. The molecule has 1 aromatic rings. The number of halogens is 1. The molecule has 2 rings (SSSR count). The highest BCUT2D eigenvalue weighted by atomic mass is 127. The van der Waals surface area contributed by atoms with Crippen LogP contribution in [0, 0.1) is 0 Å². The van der Waals surface area contributed by atoms with Gasteiger partial charge in [-0.05, 0) is 45.0 Å². The molecule has 0 aromatic carbocycles.